The molecule has 0 N–H and O–H groups in total. The number of rotatable bonds is 5. The van der Waals surface area contributed by atoms with E-state index in [9.17, 15) is 0 Å². The van der Waals surface area contributed by atoms with Gasteiger partial charge in [0.05, 0.1) is 0 Å². The van der Waals surface area contributed by atoms with Crippen LogP contribution in [0.5, 0.6) is 0 Å². The molecule has 1 aromatic carbocycles. The minimum absolute atomic E-state index is 1.20. The van der Waals surface area contributed by atoms with E-state index in [0.717, 1.165) is 0 Å². The first-order chi connectivity index (χ1) is 6.38. The molecular weight excluding hydrogens is 156 g/mol. The summed E-state index contributed by atoms with van der Waals surface area (Å²) in [6.45, 7) is 4.45. The first-order valence-corrected chi connectivity index (χ1v) is 5.29. The second kappa shape index (κ2) is 5.80. The van der Waals surface area contributed by atoms with Gasteiger partial charge in [0.15, 0.2) is 0 Å². The van der Waals surface area contributed by atoms with Crippen LogP contribution in [0.2, 0.25) is 0 Å². The van der Waals surface area contributed by atoms with Gasteiger partial charge in [-0.25, -0.2) is 0 Å². The van der Waals surface area contributed by atoms with Crippen LogP contribution in [0.25, 0.3) is 0 Å². The summed E-state index contributed by atoms with van der Waals surface area (Å²) in [4.78, 5) is 0. The quantitative estimate of drug-likeness (QED) is 0.634. The summed E-state index contributed by atoms with van der Waals surface area (Å²) in [7, 11) is 0. The van der Waals surface area contributed by atoms with Gasteiger partial charge in [-0.2, -0.15) is 0 Å². The number of aryl methyl sites for hydroxylation is 1. The molecule has 0 bridgehead atoms. The average molecular weight is 175 g/mol. The maximum Gasteiger partial charge on any atom is -0.00904 e. The lowest BCUT2D eigenvalue weighted by molar-refractivity contribution is 0.882. The Bertz CT molecular complexity index is 238. The molecule has 0 fully saturated rings. The fourth-order valence-corrected chi connectivity index (χ4v) is 1.53. The highest BCUT2D eigenvalue weighted by molar-refractivity contribution is 5.32. The number of unbranched alkanes of at least 4 members (excludes halogenated alkanes) is 1. The van der Waals surface area contributed by atoms with Gasteiger partial charge in [0.1, 0.15) is 0 Å². The van der Waals surface area contributed by atoms with Gasteiger partial charge in [0.25, 0.3) is 0 Å². The van der Waals surface area contributed by atoms with E-state index >= 15 is 0 Å². The maximum absolute atomic E-state index is 2.35. The Balaban J connectivity index is 2.66. The van der Waals surface area contributed by atoms with E-state index in [0.29, 0.717) is 0 Å². The SMILES string of the molecule is CCC[CH]c1ccccc1CCC. The van der Waals surface area contributed by atoms with Crippen LogP contribution in [-0.2, 0) is 6.42 Å². The normalized spacial score (nSPS) is 10.3. The van der Waals surface area contributed by atoms with Crippen LogP contribution in [0.4, 0.5) is 0 Å². The molecule has 0 heteroatoms. The van der Waals surface area contributed by atoms with Crippen molar-refractivity contribution in [1.29, 1.82) is 0 Å². The molecule has 0 heterocycles. The molecule has 0 nitrogen and oxygen atoms in total. The zero-order valence-corrected chi connectivity index (χ0v) is 8.72. The molecule has 1 rings (SSSR count). The molecule has 0 saturated heterocycles. The van der Waals surface area contributed by atoms with Crippen molar-refractivity contribution in [3.8, 4) is 0 Å². The molecule has 0 aliphatic rings. The van der Waals surface area contributed by atoms with Crippen molar-refractivity contribution >= 4 is 0 Å². The van der Waals surface area contributed by atoms with Crippen molar-refractivity contribution in [2.24, 2.45) is 0 Å². The average Bonchev–Trinajstić information content (AvgIpc) is 2.17. The standard InChI is InChI=1S/C13H19/c1-3-5-9-13-11-7-6-10-12(13)8-4-2/h6-7,9-11H,3-5,8H2,1-2H3. The Morgan fingerprint density at radius 3 is 2.54 bits per heavy atom. The highest BCUT2D eigenvalue weighted by Crippen LogP contribution is 2.15. The van der Waals surface area contributed by atoms with Gasteiger partial charge < -0.3 is 0 Å². The topological polar surface area (TPSA) is 0 Å². The molecule has 0 unspecified atom stereocenters. The van der Waals surface area contributed by atoms with Gasteiger partial charge in [0.2, 0.25) is 0 Å². The van der Waals surface area contributed by atoms with Gasteiger partial charge in [-0.1, -0.05) is 51.0 Å². The molecule has 13 heavy (non-hydrogen) atoms. The Labute approximate surface area is 82.0 Å². The molecule has 0 aliphatic heterocycles. The molecule has 0 atom stereocenters. The van der Waals surface area contributed by atoms with Crippen molar-refractivity contribution < 1.29 is 0 Å². The first-order valence-electron chi connectivity index (χ1n) is 5.29. The second-order valence-corrected chi connectivity index (χ2v) is 3.44. The molecular formula is C13H19. The third-order valence-electron chi connectivity index (χ3n) is 2.23. The van der Waals surface area contributed by atoms with Crippen molar-refractivity contribution in [1.82, 2.24) is 0 Å². The van der Waals surface area contributed by atoms with Crippen molar-refractivity contribution in [2.45, 2.75) is 39.5 Å². The summed E-state index contributed by atoms with van der Waals surface area (Å²) in [6, 6.07) is 8.72. The van der Waals surface area contributed by atoms with Crippen LogP contribution in [0.15, 0.2) is 24.3 Å². The van der Waals surface area contributed by atoms with Gasteiger partial charge in [-0.05, 0) is 30.4 Å². The van der Waals surface area contributed by atoms with E-state index in [4.69, 9.17) is 0 Å². The van der Waals surface area contributed by atoms with Crippen LogP contribution in [0.3, 0.4) is 0 Å². The van der Waals surface area contributed by atoms with Crippen LogP contribution >= 0.6 is 0 Å². The van der Waals surface area contributed by atoms with Crippen LogP contribution in [-0.4, -0.2) is 0 Å². The highest BCUT2D eigenvalue weighted by Gasteiger charge is 1.99. The van der Waals surface area contributed by atoms with Crippen molar-refractivity contribution in [2.75, 3.05) is 0 Å². The maximum atomic E-state index is 2.35. The Kier molecular flexibility index (Phi) is 4.59. The Morgan fingerprint density at radius 1 is 1.08 bits per heavy atom. The summed E-state index contributed by atoms with van der Waals surface area (Å²) < 4.78 is 0. The zero-order valence-electron chi connectivity index (χ0n) is 8.72. The third-order valence-corrected chi connectivity index (χ3v) is 2.23. The monoisotopic (exact) mass is 175 g/mol. The fraction of sp³-hybridized carbons (Fsp3) is 0.462. The van der Waals surface area contributed by atoms with Crippen LogP contribution in [0.1, 0.15) is 44.2 Å². The van der Waals surface area contributed by atoms with E-state index in [-0.39, 0.29) is 0 Å². The number of hydrogen-bond acceptors (Lipinski definition) is 0. The molecule has 71 valence electrons. The van der Waals surface area contributed by atoms with E-state index in [1.54, 1.807) is 0 Å². The number of hydrogen-bond donors (Lipinski definition) is 0. The first kappa shape index (κ1) is 10.3. The lowest BCUT2D eigenvalue weighted by Crippen LogP contribution is -1.91. The van der Waals surface area contributed by atoms with E-state index in [2.05, 4.69) is 44.5 Å². The molecule has 0 saturated carbocycles. The van der Waals surface area contributed by atoms with Gasteiger partial charge >= 0.3 is 0 Å². The van der Waals surface area contributed by atoms with Crippen molar-refractivity contribution in [3.63, 3.8) is 0 Å². The minimum atomic E-state index is 1.20. The summed E-state index contributed by atoms with van der Waals surface area (Å²) in [5, 5.41) is 0. The van der Waals surface area contributed by atoms with Gasteiger partial charge in [0, 0.05) is 0 Å². The third kappa shape index (κ3) is 3.22. The predicted octanol–water partition coefficient (Wildman–Crippen LogP) is 3.99. The molecule has 0 aromatic heterocycles. The highest BCUT2D eigenvalue weighted by atomic mass is 14.0. The number of benzene rings is 1. The van der Waals surface area contributed by atoms with Gasteiger partial charge in [-0.15, -0.1) is 0 Å². The van der Waals surface area contributed by atoms with E-state index < -0.39 is 0 Å². The second-order valence-electron chi connectivity index (χ2n) is 3.44. The molecule has 0 aliphatic carbocycles. The van der Waals surface area contributed by atoms with Crippen LogP contribution < -0.4 is 0 Å². The van der Waals surface area contributed by atoms with E-state index in [1.165, 1.54) is 36.8 Å². The Morgan fingerprint density at radius 2 is 1.85 bits per heavy atom. The Hall–Kier alpha value is -0.780. The minimum Gasteiger partial charge on any atom is -0.0654 e. The predicted molar refractivity (Wildman–Crippen MR) is 58.7 cm³/mol. The summed E-state index contributed by atoms with van der Waals surface area (Å²) in [5.74, 6) is 0. The van der Waals surface area contributed by atoms with E-state index in [1.807, 2.05) is 0 Å². The molecule has 1 aromatic rings. The fourth-order valence-electron chi connectivity index (χ4n) is 1.53. The summed E-state index contributed by atoms with van der Waals surface area (Å²) >= 11 is 0. The lowest BCUT2D eigenvalue weighted by atomic mass is 9.99. The van der Waals surface area contributed by atoms with Crippen LogP contribution in [0, 0.1) is 6.42 Å². The van der Waals surface area contributed by atoms with Crippen molar-refractivity contribution in [3.05, 3.63) is 41.8 Å². The molecule has 0 spiro atoms. The lowest BCUT2D eigenvalue weighted by Gasteiger charge is -2.06. The summed E-state index contributed by atoms with van der Waals surface area (Å²) in [6.07, 6.45) is 7.22. The molecule has 0 amide bonds. The smallest absolute Gasteiger partial charge is 0.00904 e. The van der Waals surface area contributed by atoms with Gasteiger partial charge in [-0.3, -0.25) is 0 Å². The largest absolute Gasteiger partial charge is 0.0654 e. The molecule has 1 radical (unpaired) electrons. The summed E-state index contributed by atoms with van der Waals surface area (Å²) in [5.41, 5.74) is 2.93. The zero-order chi connectivity index (χ0) is 9.52.